The van der Waals surface area contributed by atoms with Crippen molar-refractivity contribution < 1.29 is 27.9 Å². The second-order valence-corrected chi connectivity index (χ2v) is 10.2. The molecule has 3 amide bonds. The number of urea groups is 1. The van der Waals surface area contributed by atoms with Gasteiger partial charge in [0.2, 0.25) is 11.6 Å². The van der Waals surface area contributed by atoms with Gasteiger partial charge < -0.3 is 24.8 Å². The minimum absolute atomic E-state index is 0.0562. The zero-order valence-electron chi connectivity index (χ0n) is 23.0. The first-order valence-corrected chi connectivity index (χ1v) is 13.7. The molecule has 2 fully saturated rings. The molecule has 1 unspecified atom stereocenters. The van der Waals surface area contributed by atoms with Crippen LogP contribution in [0.15, 0.2) is 79.5 Å². The second kappa shape index (κ2) is 12.4. The Labute approximate surface area is 242 Å². The van der Waals surface area contributed by atoms with Crippen molar-refractivity contribution in [3.8, 4) is 11.1 Å². The Balaban J connectivity index is 1.38. The first-order chi connectivity index (χ1) is 20.3. The van der Waals surface area contributed by atoms with Gasteiger partial charge in [0.15, 0.2) is 5.82 Å². The Morgan fingerprint density at radius 2 is 1.64 bits per heavy atom. The third kappa shape index (κ3) is 6.09. The molecule has 0 aliphatic carbocycles. The summed E-state index contributed by atoms with van der Waals surface area (Å²) in [4.78, 5) is 47.3. The van der Waals surface area contributed by atoms with Gasteiger partial charge in [0, 0.05) is 56.5 Å². The molecule has 3 heterocycles. The van der Waals surface area contributed by atoms with Crippen molar-refractivity contribution in [2.75, 3.05) is 49.5 Å². The molecule has 5 rings (SSSR count). The molecule has 218 valence electrons. The second-order valence-electron chi connectivity index (χ2n) is 10.2. The molecule has 11 heteroatoms. The van der Waals surface area contributed by atoms with Crippen LogP contribution in [0.1, 0.15) is 12.0 Å². The maximum Gasteiger partial charge on any atom is 0.346 e. The van der Waals surface area contributed by atoms with Crippen molar-refractivity contribution in [1.82, 2.24) is 14.8 Å². The van der Waals surface area contributed by atoms with E-state index in [1.165, 1.54) is 18.3 Å². The van der Waals surface area contributed by atoms with Crippen molar-refractivity contribution in [1.29, 1.82) is 0 Å². The number of esters is 1. The van der Waals surface area contributed by atoms with Gasteiger partial charge in [-0.3, -0.25) is 4.79 Å². The van der Waals surface area contributed by atoms with Gasteiger partial charge in [0.05, 0.1) is 12.2 Å². The van der Waals surface area contributed by atoms with E-state index in [-0.39, 0.29) is 62.2 Å². The fourth-order valence-electron chi connectivity index (χ4n) is 5.14. The summed E-state index contributed by atoms with van der Waals surface area (Å²) in [6.07, 6.45) is 2.55. The van der Waals surface area contributed by atoms with Crippen molar-refractivity contribution >= 4 is 29.4 Å². The van der Waals surface area contributed by atoms with Crippen LogP contribution in [0.3, 0.4) is 0 Å². The predicted octanol–water partition coefficient (Wildman–Crippen LogP) is 4.41. The normalized spacial score (nSPS) is 18.5. The molecule has 2 aromatic carbocycles. The Kier molecular flexibility index (Phi) is 8.46. The fourth-order valence-corrected chi connectivity index (χ4v) is 5.14. The first-order valence-electron chi connectivity index (χ1n) is 13.7. The Morgan fingerprint density at radius 3 is 2.36 bits per heavy atom. The molecule has 9 nitrogen and oxygen atoms in total. The Bertz CT molecular complexity index is 1480. The van der Waals surface area contributed by atoms with Gasteiger partial charge in [-0.05, 0) is 23.8 Å². The standard InChI is InChI=1S/C31H31F2N5O4/c1-2-26(39)36-16-18-37(19-17-36)30(41)35-27-24(23-10-6-7-11-25(23)32)12-14-34-28(27)38-15-13-31(33,21-38)29(40)42-20-22-8-4-3-5-9-22/h2-12,14H,1,13,15-21H2,(H,35,41). The number of pyridine rings is 1. The highest BCUT2D eigenvalue weighted by Crippen LogP contribution is 2.40. The Hall–Kier alpha value is -4.80. The van der Waals surface area contributed by atoms with Crippen LogP contribution in [0.5, 0.6) is 0 Å². The minimum atomic E-state index is -2.29. The number of alkyl halides is 1. The van der Waals surface area contributed by atoms with Gasteiger partial charge in [-0.25, -0.2) is 23.4 Å². The van der Waals surface area contributed by atoms with Gasteiger partial charge >= 0.3 is 12.0 Å². The van der Waals surface area contributed by atoms with E-state index in [1.807, 2.05) is 6.07 Å². The van der Waals surface area contributed by atoms with E-state index in [9.17, 15) is 18.8 Å². The largest absolute Gasteiger partial charge is 0.458 e. The van der Waals surface area contributed by atoms with E-state index in [2.05, 4.69) is 16.9 Å². The van der Waals surface area contributed by atoms with Gasteiger partial charge in [-0.15, -0.1) is 0 Å². The monoisotopic (exact) mass is 575 g/mol. The molecule has 0 radical (unpaired) electrons. The summed E-state index contributed by atoms with van der Waals surface area (Å²) in [5, 5.41) is 2.87. The number of carbonyl (C=O) groups is 3. The lowest BCUT2D eigenvalue weighted by Crippen LogP contribution is -2.51. The molecule has 1 aromatic heterocycles. The first kappa shape index (κ1) is 28.7. The van der Waals surface area contributed by atoms with Gasteiger partial charge in [0.1, 0.15) is 12.4 Å². The molecule has 1 atom stereocenters. The van der Waals surface area contributed by atoms with Gasteiger partial charge in [-0.1, -0.05) is 55.1 Å². The zero-order chi connectivity index (χ0) is 29.7. The highest BCUT2D eigenvalue weighted by Gasteiger charge is 2.48. The van der Waals surface area contributed by atoms with E-state index in [4.69, 9.17) is 4.74 Å². The number of benzene rings is 2. The highest BCUT2D eigenvalue weighted by atomic mass is 19.1. The number of amides is 3. The van der Waals surface area contributed by atoms with Gasteiger partial charge in [0.25, 0.3) is 0 Å². The molecule has 1 N–H and O–H groups in total. The number of ether oxygens (including phenoxy) is 1. The number of aromatic nitrogens is 1. The number of hydrogen-bond donors (Lipinski definition) is 1. The van der Waals surface area contributed by atoms with Crippen LogP contribution in [0.25, 0.3) is 11.1 Å². The molecule has 3 aromatic rings. The van der Waals surface area contributed by atoms with Crippen LogP contribution < -0.4 is 10.2 Å². The third-order valence-electron chi connectivity index (χ3n) is 7.48. The van der Waals surface area contributed by atoms with Crippen LogP contribution in [0.4, 0.5) is 25.1 Å². The summed E-state index contributed by atoms with van der Waals surface area (Å²) < 4.78 is 36.1. The third-order valence-corrected chi connectivity index (χ3v) is 7.48. The average Bonchev–Trinajstić information content (AvgIpc) is 3.43. The van der Waals surface area contributed by atoms with Crippen LogP contribution in [0, 0.1) is 5.82 Å². The molecule has 0 bridgehead atoms. The molecule has 0 spiro atoms. The molecule has 42 heavy (non-hydrogen) atoms. The summed E-state index contributed by atoms with van der Waals surface area (Å²) in [6.45, 7) is 4.44. The topological polar surface area (TPSA) is 95.1 Å². The lowest BCUT2D eigenvalue weighted by Gasteiger charge is -2.34. The zero-order valence-corrected chi connectivity index (χ0v) is 23.0. The van der Waals surface area contributed by atoms with E-state index >= 15 is 4.39 Å². The van der Waals surface area contributed by atoms with E-state index < -0.39 is 23.5 Å². The average molecular weight is 576 g/mol. The number of carbonyl (C=O) groups excluding carboxylic acids is 3. The van der Waals surface area contributed by atoms with Crippen LogP contribution in [0.2, 0.25) is 0 Å². The highest BCUT2D eigenvalue weighted by molar-refractivity contribution is 5.99. The molecular formula is C31H31F2N5O4. The lowest BCUT2D eigenvalue weighted by molar-refractivity contribution is -0.157. The number of rotatable bonds is 7. The molecular weight excluding hydrogens is 544 g/mol. The maximum absolute atomic E-state index is 15.9. The van der Waals surface area contributed by atoms with Crippen molar-refractivity contribution in [3.05, 3.63) is 90.9 Å². The fraction of sp³-hybridized carbons (Fsp3) is 0.290. The van der Waals surface area contributed by atoms with E-state index in [0.717, 1.165) is 5.56 Å². The number of nitrogens with one attached hydrogen (secondary N) is 1. The number of halogens is 2. The maximum atomic E-state index is 15.9. The van der Waals surface area contributed by atoms with Crippen molar-refractivity contribution in [2.45, 2.75) is 18.7 Å². The van der Waals surface area contributed by atoms with E-state index in [1.54, 1.807) is 63.2 Å². The van der Waals surface area contributed by atoms with Crippen LogP contribution in [-0.4, -0.2) is 77.6 Å². The molecule has 2 aliphatic rings. The summed E-state index contributed by atoms with van der Waals surface area (Å²) in [6, 6.07) is 16.2. The number of nitrogens with zero attached hydrogens (tertiary/aromatic N) is 4. The smallest absolute Gasteiger partial charge is 0.346 e. The summed E-state index contributed by atoms with van der Waals surface area (Å²) in [5.74, 6) is -1.48. The van der Waals surface area contributed by atoms with Gasteiger partial charge in [-0.2, -0.15) is 0 Å². The number of anilines is 2. The summed E-state index contributed by atoms with van der Waals surface area (Å²) in [7, 11) is 0. The minimum Gasteiger partial charge on any atom is -0.458 e. The summed E-state index contributed by atoms with van der Waals surface area (Å²) >= 11 is 0. The lowest BCUT2D eigenvalue weighted by atomic mass is 10.0. The van der Waals surface area contributed by atoms with Crippen LogP contribution in [-0.2, 0) is 20.9 Å². The molecule has 2 aliphatic heterocycles. The van der Waals surface area contributed by atoms with Crippen molar-refractivity contribution in [2.24, 2.45) is 0 Å². The Morgan fingerprint density at radius 1 is 0.952 bits per heavy atom. The quantitative estimate of drug-likeness (QED) is 0.331. The van der Waals surface area contributed by atoms with Crippen LogP contribution >= 0.6 is 0 Å². The van der Waals surface area contributed by atoms with Crippen molar-refractivity contribution in [3.63, 3.8) is 0 Å². The summed E-state index contributed by atoms with van der Waals surface area (Å²) in [5.41, 5.74) is -0.775. The number of piperazine rings is 1. The number of hydrogen-bond acceptors (Lipinski definition) is 6. The van der Waals surface area contributed by atoms with E-state index in [0.29, 0.717) is 18.7 Å². The molecule has 2 saturated heterocycles. The SMILES string of the molecule is C=CC(=O)N1CCN(C(=O)Nc2c(-c3ccccc3F)ccnc2N2CCC(F)(C(=O)OCc3ccccc3)C2)CC1. The molecule has 0 saturated carbocycles. The predicted molar refractivity (Wildman–Crippen MR) is 154 cm³/mol.